The minimum atomic E-state index is -1.74. The zero-order chi connectivity index (χ0) is 25.0. The lowest BCUT2D eigenvalue weighted by molar-refractivity contribution is -0.238. The fourth-order valence-electron chi connectivity index (χ4n) is 6.14. The number of Topliss-reactive ketones (excluding diaryl/α,β-unsaturated/α-hetero) is 2. The molecule has 1 aliphatic carbocycles. The smallest absolute Gasteiger partial charge is 0.193 e. The van der Waals surface area contributed by atoms with Crippen molar-refractivity contribution < 1.29 is 19.4 Å². The van der Waals surface area contributed by atoms with Crippen LogP contribution in [0.25, 0.3) is 0 Å². The van der Waals surface area contributed by atoms with Crippen LogP contribution < -0.4 is 0 Å². The van der Waals surface area contributed by atoms with E-state index in [4.69, 9.17) is 4.74 Å². The fraction of sp³-hybridized carbons (Fsp3) is 0.862. The van der Waals surface area contributed by atoms with E-state index in [-0.39, 0.29) is 18.0 Å². The van der Waals surface area contributed by atoms with Crippen LogP contribution in [-0.2, 0) is 14.3 Å². The molecule has 0 aromatic rings. The quantitative estimate of drug-likeness (QED) is 0.321. The molecule has 33 heavy (non-hydrogen) atoms. The highest BCUT2D eigenvalue weighted by atomic mass is 16.5. The van der Waals surface area contributed by atoms with Crippen LogP contribution in [0.4, 0.5) is 0 Å². The van der Waals surface area contributed by atoms with Crippen molar-refractivity contribution in [1.29, 1.82) is 0 Å². The van der Waals surface area contributed by atoms with Gasteiger partial charge in [0.15, 0.2) is 22.8 Å². The van der Waals surface area contributed by atoms with Crippen molar-refractivity contribution >= 4 is 11.6 Å². The Balaban J connectivity index is 1.84. The van der Waals surface area contributed by atoms with E-state index in [0.717, 1.165) is 31.1 Å². The summed E-state index contributed by atoms with van der Waals surface area (Å²) in [7, 11) is 0. The standard InChI is InChI=1S/C29H50O4/c1-20(2)12-9-13-21(3)14-10-15-22(4)16-11-17-27(8)18-19-28(32)26(31)23(5)24(6)29(28,33-27)25(7)30/h20-22,32H,9-19H2,1-8H3/t21-,22-,27+,28+,29+/m0/s1. The largest absolute Gasteiger partial charge is 0.378 e. The van der Waals surface area contributed by atoms with Gasteiger partial charge in [-0.15, -0.1) is 0 Å². The number of aliphatic hydroxyl groups is 1. The first-order chi connectivity index (χ1) is 15.3. The van der Waals surface area contributed by atoms with Crippen LogP contribution in [0.15, 0.2) is 11.1 Å². The third kappa shape index (κ3) is 5.99. The second-order valence-corrected chi connectivity index (χ2v) is 12.1. The van der Waals surface area contributed by atoms with Gasteiger partial charge in [-0.3, -0.25) is 9.59 Å². The Bertz CT molecular complexity index is 738. The summed E-state index contributed by atoms with van der Waals surface area (Å²) in [4.78, 5) is 25.6. The van der Waals surface area contributed by atoms with Gasteiger partial charge in [-0.1, -0.05) is 79.1 Å². The van der Waals surface area contributed by atoms with Gasteiger partial charge in [0, 0.05) is 0 Å². The van der Waals surface area contributed by atoms with E-state index in [1.165, 1.54) is 45.4 Å². The van der Waals surface area contributed by atoms with E-state index < -0.39 is 16.8 Å². The number of fused-ring (bicyclic) bond motifs is 1. The lowest BCUT2D eigenvalue weighted by Crippen LogP contribution is -2.67. The van der Waals surface area contributed by atoms with E-state index in [2.05, 4.69) is 27.7 Å². The summed E-state index contributed by atoms with van der Waals surface area (Å²) in [5, 5.41) is 11.3. The molecule has 2 aliphatic rings. The number of hydrogen-bond acceptors (Lipinski definition) is 4. The van der Waals surface area contributed by atoms with E-state index in [0.29, 0.717) is 23.5 Å². The van der Waals surface area contributed by atoms with Gasteiger partial charge in [0.25, 0.3) is 0 Å². The van der Waals surface area contributed by atoms with Gasteiger partial charge in [-0.2, -0.15) is 0 Å². The van der Waals surface area contributed by atoms with Crippen LogP contribution in [0, 0.1) is 17.8 Å². The van der Waals surface area contributed by atoms with Crippen LogP contribution >= 0.6 is 0 Å². The zero-order valence-corrected chi connectivity index (χ0v) is 22.7. The van der Waals surface area contributed by atoms with Crippen LogP contribution in [0.3, 0.4) is 0 Å². The third-order valence-electron chi connectivity index (χ3n) is 8.57. The molecule has 0 bridgehead atoms. The van der Waals surface area contributed by atoms with E-state index in [1.54, 1.807) is 13.8 Å². The molecular weight excluding hydrogens is 412 g/mol. The van der Waals surface area contributed by atoms with E-state index in [9.17, 15) is 14.7 Å². The maximum absolute atomic E-state index is 12.8. The zero-order valence-electron chi connectivity index (χ0n) is 22.7. The van der Waals surface area contributed by atoms with Crippen molar-refractivity contribution in [1.82, 2.24) is 0 Å². The first-order valence-corrected chi connectivity index (χ1v) is 13.5. The molecule has 4 nitrogen and oxygen atoms in total. The summed E-state index contributed by atoms with van der Waals surface area (Å²) < 4.78 is 6.47. The Morgan fingerprint density at radius 3 is 1.97 bits per heavy atom. The highest BCUT2D eigenvalue weighted by Gasteiger charge is 2.69. The van der Waals surface area contributed by atoms with Crippen molar-refractivity contribution in [2.24, 2.45) is 17.8 Å². The van der Waals surface area contributed by atoms with Gasteiger partial charge in [0.2, 0.25) is 0 Å². The summed E-state index contributed by atoms with van der Waals surface area (Å²) in [5.41, 5.74) is -2.70. The lowest BCUT2D eigenvalue weighted by Gasteiger charge is -2.51. The SMILES string of the molecule is CC(=O)[C@@]12O[C@](C)(CCC[C@@H](C)CCC[C@@H](C)CCCC(C)C)CC[C@@]1(O)C(=O)C(C)=C2C. The molecule has 0 unspecified atom stereocenters. The maximum Gasteiger partial charge on any atom is 0.193 e. The number of ether oxygens (including phenoxy) is 1. The molecule has 2 rings (SSSR count). The topological polar surface area (TPSA) is 63.6 Å². The maximum atomic E-state index is 12.8. The first kappa shape index (κ1) is 28.2. The summed E-state index contributed by atoms with van der Waals surface area (Å²) in [5.74, 6) is 1.69. The third-order valence-corrected chi connectivity index (χ3v) is 8.57. The van der Waals surface area contributed by atoms with E-state index in [1.807, 2.05) is 6.92 Å². The van der Waals surface area contributed by atoms with Crippen LogP contribution in [0.5, 0.6) is 0 Å². The van der Waals surface area contributed by atoms with Crippen molar-refractivity contribution in [3.05, 3.63) is 11.1 Å². The Hall–Kier alpha value is -1.00. The molecule has 1 N–H and O–H groups in total. The number of carbonyl (C=O) groups excluding carboxylic acids is 2. The van der Waals surface area contributed by atoms with Gasteiger partial charge in [-0.25, -0.2) is 0 Å². The monoisotopic (exact) mass is 462 g/mol. The lowest BCUT2D eigenvalue weighted by atomic mass is 9.70. The Morgan fingerprint density at radius 1 is 0.939 bits per heavy atom. The molecular formula is C29H50O4. The fourth-order valence-corrected chi connectivity index (χ4v) is 6.14. The molecule has 0 amide bonds. The van der Waals surface area contributed by atoms with Crippen molar-refractivity contribution in [2.45, 2.75) is 143 Å². The van der Waals surface area contributed by atoms with Crippen LogP contribution in [-0.4, -0.2) is 33.5 Å². The number of carbonyl (C=O) groups is 2. The van der Waals surface area contributed by atoms with Gasteiger partial charge < -0.3 is 9.84 Å². The van der Waals surface area contributed by atoms with Gasteiger partial charge in [0.05, 0.1) is 5.60 Å². The number of hydrogen-bond donors (Lipinski definition) is 1. The molecule has 1 aliphatic heterocycles. The van der Waals surface area contributed by atoms with Crippen molar-refractivity contribution in [3.8, 4) is 0 Å². The predicted molar refractivity (Wildman–Crippen MR) is 135 cm³/mol. The molecule has 1 heterocycles. The van der Waals surface area contributed by atoms with Gasteiger partial charge in [0.1, 0.15) is 0 Å². The average molecular weight is 463 g/mol. The van der Waals surface area contributed by atoms with Crippen molar-refractivity contribution in [3.63, 3.8) is 0 Å². The molecule has 0 aromatic carbocycles. The molecule has 4 heteroatoms. The van der Waals surface area contributed by atoms with Crippen LogP contribution in [0.2, 0.25) is 0 Å². The second-order valence-electron chi connectivity index (χ2n) is 12.1. The summed E-state index contributed by atoms with van der Waals surface area (Å²) in [6, 6.07) is 0. The van der Waals surface area contributed by atoms with Crippen LogP contribution in [0.1, 0.15) is 126 Å². The Kier molecular flexibility index (Phi) is 9.55. The summed E-state index contributed by atoms with van der Waals surface area (Å²) in [6.07, 6.45) is 11.8. The minimum absolute atomic E-state index is 0.269. The minimum Gasteiger partial charge on any atom is -0.378 e. The molecule has 0 radical (unpaired) electrons. The number of rotatable bonds is 13. The van der Waals surface area contributed by atoms with Gasteiger partial charge in [-0.05, 0) is 75.9 Å². The molecule has 1 fully saturated rings. The molecule has 0 aromatic heterocycles. The molecule has 5 atom stereocenters. The molecule has 0 saturated carbocycles. The molecule has 1 saturated heterocycles. The average Bonchev–Trinajstić information content (AvgIpc) is 2.87. The highest BCUT2D eigenvalue weighted by Crippen LogP contribution is 2.54. The molecule has 0 spiro atoms. The molecule has 190 valence electrons. The van der Waals surface area contributed by atoms with Crippen molar-refractivity contribution in [2.75, 3.05) is 0 Å². The second kappa shape index (κ2) is 11.2. The first-order valence-electron chi connectivity index (χ1n) is 13.5. The number of ketones is 2. The highest BCUT2D eigenvalue weighted by molar-refractivity contribution is 6.13. The summed E-state index contributed by atoms with van der Waals surface area (Å²) in [6.45, 7) is 16.3. The Labute approximate surface area is 202 Å². The van der Waals surface area contributed by atoms with Gasteiger partial charge >= 0.3 is 0 Å². The van der Waals surface area contributed by atoms with E-state index >= 15 is 0 Å². The summed E-state index contributed by atoms with van der Waals surface area (Å²) >= 11 is 0. The predicted octanol–water partition coefficient (Wildman–Crippen LogP) is 6.97. The Morgan fingerprint density at radius 2 is 1.45 bits per heavy atom. The normalized spacial score (nSPS) is 31.8.